The number of nitrogens with zero attached hydrogens (tertiary/aromatic N) is 5. The Bertz CT molecular complexity index is 726. The van der Waals surface area contributed by atoms with Gasteiger partial charge in [0.25, 0.3) is 0 Å². The summed E-state index contributed by atoms with van der Waals surface area (Å²) in [6, 6.07) is 7.62. The van der Waals surface area contributed by atoms with E-state index >= 15 is 0 Å². The number of hydrogen-bond donors (Lipinski definition) is 0. The third-order valence-corrected chi connectivity index (χ3v) is 4.44. The molecule has 1 unspecified atom stereocenters. The van der Waals surface area contributed by atoms with Gasteiger partial charge in [-0.3, -0.25) is 4.79 Å². The van der Waals surface area contributed by atoms with E-state index < -0.39 is 0 Å². The van der Waals surface area contributed by atoms with Gasteiger partial charge in [0.2, 0.25) is 11.7 Å². The molecule has 1 aliphatic rings. The number of amides is 1. The first kappa shape index (κ1) is 18.4. The molecule has 0 spiro atoms. The average Bonchev–Trinajstić information content (AvgIpc) is 3.09. The number of likely N-dealkylation sites (tertiary alicyclic amines) is 1. The molecular weight excluding hydrogens is 330 g/mol. The van der Waals surface area contributed by atoms with Crippen molar-refractivity contribution in [2.45, 2.75) is 40.2 Å². The van der Waals surface area contributed by atoms with Gasteiger partial charge in [0.05, 0.1) is 6.61 Å². The zero-order chi connectivity index (χ0) is 18.5. The predicted octanol–water partition coefficient (Wildman–Crippen LogP) is 2.63. The minimum absolute atomic E-state index is 0.0536. The van der Waals surface area contributed by atoms with Crippen LogP contribution in [0.3, 0.4) is 0 Å². The van der Waals surface area contributed by atoms with E-state index in [4.69, 9.17) is 4.74 Å². The molecule has 7 heteroatoms. The second kappa shape index (κ2) is 8.29. The number of rotatable bonds is 6. The van der Waals surface area contributed by atoms with Gasteiger partial charge in [-0.2, -0.15) is 4.80 Å². The number of tetrazole rings is 1. The highest BCUT2D eigenvalue weighted by Crippen LogP contribution is 2.19. The molecule has 0 N–H and O–H groups in total. The molecule has 1 aliphatic heterocycles. The number of benzene rings is 1. The topological polar surface area (TPSA) is 73.1 Å². The number of piperidine rings is 1. The van der Waals surface area contributed by atoms with Crippen LogP contribution < -0.4 is 4.74 Å². The number of ether oxygens (including phenoxy) is 1. The van der Waals surface area contributed by atoms with Crippen LogP contribution in [0.25, 0.3) is 11.4 Å². The Hall–Kier alpha value is -2.44. The van der Waals surface area contributed by atoms with Crippen LogP contribution in [0.15, 0.2) is 24.3 Å². The lowest BCUT2D eigenvalue weighted by Crippen LogP contribution is -2.41. The zero-order valence-corrected chi connectivity index (χ0v) is 15.8. The fraction of sp³-hybridized carbons (Fsp3) is 0.579. The number of hydrogen-bond acceptors (Lipinski definition) is 5. The fourth-order valence-electron chi connectivity index (χ4n) is 3.03. The lowest BCUT2D eigenvalue weighted by atomic mass is 10.0. The van der Waals surface area contributed by atoms with E-state index in [-0.39, 0.29) is 12.5 Å². The first-order chi connectivity index (χ1) is 12.5. The molecule has 2 heterocycles. The highest BCUT2D eigenvalue weighted by molar-refractivity contribution is 5.75. The molecule has 1 aromatic heterocycles. The van der Waals surface area contributed by atoms with Crippen LogP contribution in [0.5, 0.6) is 5.75 Å². The molecule has 0 saturated carbocycles. The van der Waals surface area contributed by atoms with Crippen molar-refractivity contribution in [1.29, 1.82) is 0 Å². The molecule has 2 aromatic rings. The largest absolute Gasteiger partial charge is 0.493 e. The number of carbonyl (C=O) groups excluding carboxylic acids is 1. The Morgan fingerprint density at radius 3 is 2.77 bits per heavy atom. The molecular formula is C19H27N5O2. The third kappa shape index (κ3) is 4.80. The van der Waals surface area contributed by atoms with Crippen molar-refractivity contribution in [2.24, 2.45) is 11.8 Å². The Morgan fingerprint density at radius 1 is 1.31 bits per heavy atom. The minimum atomic E-state index is 0.0536. The summed E-state index contributed by atoms with van der Waals surface area (Å²) in [7, 11) is 0. The standard InChI is InChI=1S/C19H27N5O2/c1-14(2)13-26-17-8-6-16(7-9-17)19-20-22-24(21-19)12-18(25)23-10-4-5-15(3)11-23/h6-9,14-15H,4-5,10-13H2,1-3H3. The molecule has 0 radical (unpaired) electrons. The third-order valence-electron chi connectivity index (χ3n) is 4.44. The van der Waals surface area contributed by atoms with Crippen molar-refractivity contribution in [3.63, 3.8) is 0 Å². The smallest absolute Gasteiger partial charge is 0.246 e. The van der Waals surface area contributed by atoms with Crippen LogP contribution in [0.4, 0.5) is 0 Å². The normalized spacial score (nSPS) is 17.5. The summed E-state index contributed by atoms with van der Waals surface area (Å²) in [4.78, 5) is 15.7. The summed E-state index contributed by atoms with van der Waals surface area (Å²) in [5.41, 5.74) is 0.854. The van der Waals surface area contributed by atoms with Crippen molar-refractivity contribution in [3.05, 3.63) is 24.3 Å². The molecule has 140 valence electrons. The van der Waals surface area contributed by atoms with Crippen LogP contribution in [-0.4, -0.2) is 50.7 Å². The molecule has 1 atom stereocenters. The highest BCUT2D eigenvalue weighted by Gasteiger charge is 2.21. The summed E-state index contributed by atoms with van der Waals surface area (Å²) in [5, 5.41) is 12.4. The molecule has 7 nitrogen and oxygen atoms in total. The van der Waals surface area contributed by atoms with Gasteiger partial charge in [-0.15, -0.1) is 10.2 Å². The van der Waals surface area contributed by atoms with Gasteiger partial charge in [0, 0.05) is 18.7 Å². The molecule has 1 fully saturated rings. The van der Waals surface area contributed by atoms with Crippen LogP contribution in [0.1, 0.15) is 33.6 Å². The van der Waals surface area contributed by atoms with Gasteiger partial charge in [-0.1, -0.05) is 20.8 Å². The molecule has 0 bridgehead atoms. The monoisotopic (exact) mass is 357 g/mol. The van der Waals surface area contributed by atoms with Crippen LogP contribution in [0, 0.1) is 11.8 Å². The number of carbonyl (C=O) groups is 1. The maximum atomic E-state index is 12.4. The van der Waals surface area contributed by atoms with Gasteiger partial charge in [-0.25, -0.2) is 0 Å². The van der Waals surface area contributed by atoms with Crippen LogP contribution in [0.2, 0.25) is 0 Å². The zero-order valence-electron chi connectivity index (χ0n) is 15.8. The van der Waals surface area contributed by atoms with Crippen LogP contribution >= 0.6 is 0 Å². The summed E-state index contributed by atoms with van der Waals surface area (Å²) in [5.74, 6) is 2.43. The summed E-state index contributed by atoms with van der Waals surface area (Å²) in [6.07, 6.45) is 2.25. The quantitative estimate of drug-likeness (QED) is 0.795. The van der Waals surface area contributed by atoms with Gasteiger partial charge >= 0.3 is 0 Å². The summed E-state index contributed by atoms with van der Waals surface area (Å²) < 4.78 is 5.68. The highest BCUT2D eigenvalue weighted by atomic mass is 16.5. The predicted molar refractivity (Wildman–Crippen MR) is 98.6 cm³/mol. The summed E-state index contributed by atoms with van der Waals surface area (Å²) >= 11 is 0. The van der Waals surface area contributed by atoms with E-state index in [1.807, 2.05) is 29.2 Å². The Kier molecular flexibility index (Phi) is 5.85. The van der Waals surface area contributed by atoms with E-state index in [1.165, 1.54) is 11.2 Å². The Morgan fingerprint density at radius 2 is 2.08 bits per heavy atom. The fourth-order valence-corrected chi connectivity index (χ4v) is 3.03. The lowest BCUT2D eigenvalue weighted by Gasteiger charge is -2.30. The maximum Gasteiger partial charge on any atom is 0.246 e. The van der Waals surface area contributed by atoms with E-state index in [0.29, 0.717) is 24.3 Å². The number of aromatic nitrogens is 4. The second-order valence-corrected chi connectivity index (χ2v) is 7.46. The first-order valence-corrected chi connectivity index (χ1v) is 9.30. The molecule has 1 saturated heterocycles. The van der Waals surface area contributed by atoms with E-state index in [0.717, 1.165) is 30.8 Å². The SMILES string of the molecule is CC(C)COc1ccc(-c2nnn(CC(=O)N3CCCC(C)C3)n2)cc1. The van der Waals surface area contributed by atoms with Crippen molar-refractivity contribution in [2.75, 3.05) is 19.7 Å². The van der Waals surface area contributed by atoms with E-state index in [1.54, 1.807) is 0 Å². The van der Waals surface area contributed by atoms with Gasteiger partial charge in [0.15, 0.2) is 0 Å². The minimum Gasteiger partial charge on any atom is -0.493 e. The second-order valence-electron chi connectivity index (χ2n) is 7.46. The van der Waals surface area contributed by atoms with Gasteiger partial charge < -0.3 is 9.64 Å². The van der Waals surface area contributed by atoms with Crippen molar-refractivity contribution >= 4 is 5.91 Å². The first-order valence-electron chi connectivity index (χ1n) is 9.30. The Labute approximate surface area is 154 Å². The molecule has 1 aromatic carbocycles. The Balaban J connectivity index is 1.59. The van der Waals surface area contributed by atoms with Gasteiger partial charge in [0.1, 0.15) is 12.3 Å². The van der Waals surface area contributed by atoms with Crippen LogP contribution in [-0.2, 0) is 11.3 Å². The van der Waals surface area contributed by atoms with Gasteiger partial charge in [-0.05, 0) is 54.2 Å². The molecule has 26 heavy (non-hydrogen) atoms. The maximum absolute atomic E-state index is 12.4. The molecule has 0 aliphatic carbocycles. The molecule has 1 amide bonds. The van der Waals surface area contributed by atoms with E-state index in [9.17, 15) is 4.79 Å². The van der Waals surface area contributed by atoms with Crippen molar-refractivity contribution in [1.82, 2.24) is 25.1 Å². The lowest BCUT2D eigenvalue weighted by molar-refractivity contribution is -0.134. The van der Waals surface area contributed by atoms with Crippen molar-refractivity contribution < 1.29 is 9.53 Å². The summed E-state index contributed by atoms with van der Waals surface area (Å²) in [6.45, 7) is 8.87. The van der Waals surface area contributed by atoms with E-state index in [2.05, 4.69) is 36.2 Å². The van der Waals surface area contributed by atoms with Crippen molar-refractivity contribution in [3.8, 4) is 17.1 Å². The average molecular weight is 357 g/mol. The molecule has 3 rings (SSSR count).